The molecule has 5 atom stereocenters. The van der Waals surface area contributed by atoms with Gasteiger partial charge in [-0.3, -0.25) is 4.79 Å². The van der Waals surface area contributed by atoms with Crippen LogP contribution >= 0.6 is 11.6 Å². The molecule has 0 saturated heterocycles. The highest BCUT2D eigenvalue weighted by atomic mass is 35.5. The molecule has 4 aliphatic rings. The molecule has 1 N–H and O–H groups in total. The van der Waals surface area contributed by atoms with Crippen molar-refractivity contribution in [2.24, 2.45) is 23.2 Å². The summed E-state index contributed by atoms with van der Waals surface area (Å²) in [6.45, 7) is 0. The average molecular weight is 215 g/mol. The van der Waals surface area contributed by atoms with Crippen molar-refractivity contribution in [1.82, 2.24) is 0 Å². The normalized spacial score (nSPS) is 54.9. The highest BCUT2D eigenvalue weighted by Gasteiger charge is 2.60. The number of hydrogen-bond donors (Lipinski definition) is 1. The van der Waals surface area contributed by atoms with E-state index in [4.69, 9.17) is 11.6 Å². The number of carbonyl (C=O) groups is 1. The minimum absolute atomic E-state index is 0.104. The number of rotatable bonds is 1. The number of halogens is 1. The maximum Gasteiger partial charge on any atom is 0.311 e. The van der Waals surface area contributed by atoms with E-state index in [1.807, 2.05) is 0 Å². The number of hydrogen-bond acceptors (Lipinski definition) is 1. The Kier molecular flexibility index (Phi) is 1.71. The second kappa shape index (κ2) is 2.66. The van der Waals surface area contributed by atoms with E-state index in [1.54, 1.807) is 0 Å². The first-order chi connectivity index (χ1) is 6.62. The minimum atomic E-state index is -0.642. The van der Waals surface area contributed by atoms with Gasteiger partial charge in [-0.2, -0.15) is 0 Å². The third-order valence-electron chi connectivity index (χ3n) is 4.61. The van der Waals surface area contributed by atoms with Gasteiger partial charge in [0.1, 0.15) is 0 Å². The molecule has 2 unspecified atom stereocenters. The molecule has 14 heavy (non-hydrogen) atoms. The molecular weight excluding hydrogens is 200 g/mol. The Morgan fingerprint density at radius 2 is 1.79 bits per heavy atom. The van der Waals surface area contributed by atoms with E-state index in [1.165, 1.54) is 19.3 Å². The maximum atomic E-state index is 11.4. The predicted molar refractivity (Wildman–Crippen MR) is 53.3 cm³/mol. The summed E-state index contributed by atoms with van der Waals surface area (Å²) in [4.78, 5) is 11.4. The lowest BCUT2D eigenvalue weighted by atomic mass is 9.49. The molecule has 0 radical (unpaired) electrons. The van der Waals surface area contributed by atoms with Crippen LogP contribution in [0.25, 0.3) is 0 Å². The lowest BCUT2D eigenvalue weighted by Crippen LogP contribution is -2.57. The average Bonchev–Trinajstić information content (AvgIpc) is 2.12. The zero-order chi connectivity index (χ0) is 9.92. The molecular formula is C11H15ClO2. The SMILES string of the molecule is O=C(O)C12C[C@@H]3CC(C[C@@H](C3)C1)[C@@H]2Cl. The lowest BCUT2D eigenvalue weighted by molar-refractivity contribution is -0.163. The Bertz CT molecular complexity index is 275. The monoisotopic (exact) mass is 214 g/mol. The van der Waals surface area contributed by atoms with Crippen LogP contribution in [0.2, 0.25) is 0 Å². The van der Waals surface area contributed by atoms with Crippen LogP contribution in [0.5, 0.6) is 0 Å². The molecule has 0 aromatic carbocycles. The van der Waals surface area contributed by atoms with Crippen molar-refractivity contribution in [3.63, 3.8) is 0 Å². The Balaban J connectivity index is 2.01. The molecule has 4 saturated carbocycles. The third kappa shape index (κ3) is 0.955. The van der Waals surface area contributed by atoms with Gasteiger partial charge in [-0.25, -0.2) is 0 Å². The van der Waals surface area contributed by atoms with Gasteiger partial charge < -0.3 is 5.11 Å². The number of alkyl halides is 1. The largest absolute Gasteiger partial charge is 0.481 e. The van der Waals surface area contributed by atoms with Crippen LogP contribution in [0.1, 0.15) is 32.1 Å². The summed E-state index contributed by atoms with van der Waals surface area (Å²) in [5.74, 6) is 1.15. The highest BCUT2D eigenvalue weighted by molar-refractivity contribution is 6.23. The Labute approximate surface area is 88.6 Å². The van der Waals surface area contributed by atoms with E-state index in [-0.39, 0.29) is 5.38 Å². The number of carboxylic acids is 1. The van der Waals surface area contributed by atoms with Gasteiger partial charge in [0.05, 0.1) is 10.8 Å². The second-order valence-corrected chi connectivity index (χ2v) is 5.94. The summed E-state index contributed by atoms with van der Waals surface area (Å²) in [7, 11) is 0. The first-order valence-corrected chi connectivity index (χ1v) is 5.93. The molecule has 2 nitrogen and oxygen atoms in total. The quantitative estimate of drug-likeness (QED) is 0.681. The van der Waals surface area contributed by atoms with Crippen LogP contribution in [0.4, 0.5) is 0 Å². The minimum Gasteiger partial charge on any atom is -0.481 e. The van der Waals surface area contributed by atoms with Gasteiger partial charge in [0.2, 0.25) is 0 Å². The van der Waals surface area contributed by atoms with E-state index in [0.29, 0.717) is 17.8 Å². The fraction of sp³-hybridized carbons (Fsp3) is 0.909. The van der Waals surface area contributed by atoms with Gasteiger partial charge in [-0.15, -0.1) is 11.6 Å². The summed E-state index contributed by atoms with van der Waals surface area (Å²) >= 11 is 6.34. The summed E-state index contributed by atoms with van der Waals surface area (Å²) in [6, 6.07) is 0. The molecule has 0 aromatic heterocycles. The van der Waals surface area contributed by atoms with Crippen LogP contribution in [0.3, 0.4) is 0 Å². The molecule has 0 heterocycles. The summed E-state index contributed by atoms with van der Waals surface area (Å²) in [6.07, 6.45) is 5.29. The van der Waals surface area contributed by atoms with E-state index < -0.39 is 11.4 Å². The van der Waals surface area contributed by atoms with Gasteiger partial charge >= 0.3 is 5.97 Å². The van der Waals surface area contributed by atoms with E-state index in [9.17, 15) is 9.90 Å². The number of carboxylic acid groups (broad SMARTS) is 1. The van der Waals surface area contributed by atoms with Gasteiger partial charge in [0.15, 0.2) is 0 Å². The van der Waals surface area contributed by atoms with Crippen molar-refractivity contribution in [3.8, 4) is 0 Å². The Morgan fingerprint density at radius 3 is 2.29 bits per heavy atom. The van der Waals surface area contributed by atoms with Crippen molar-refractivity contribution in [3.05, 3.63) is 0 Å². The first kappa shape index (κ1) is 9.02. The van der Waals surface area contributed by atoms with Crippen LogP contribution in [0, 0.1) is 23.2 Å². The highest BCUT2D eigenvalue weighted by Crippen LogP contribution is 2.61. The van der Waals surface area contributed by atoms with E-state index in [0.717, 1.165) is 12.8 Å². The van der Waals surface area contributed by atoms with Crippen LogP contribution in [-0.2, 0) is 4.79 Å². The molecule has 4 rings (SSSR count). The first-order valence-electron chi connectivity index (χ1n) is 5.49. The van der Waals surface area contributed by atoms with Crippen LogP contribution in [-0.4, -0.2) is 16.5 Å². The Morgan fingerprint density at radius 1 is 1.21 bits per heavy atom. The third-order valence-corrected chi connectivity index (χ3v) is 5.39. The smallest absolute Gasteiger partial charge is 0.311 e. The number of aliphatic carboxylic acids is 1. The standard InChI is InChI=1S/C11H15ClO2/c12-9-8-2-6-1-7(3-8)5-11(9,4-6)10(13)14/h6-9H,1-5H2,(H,13,14)/t6-,7+,8?,9-,11?/m0/s1. The topological polar surface area (TPSA) is 37.3 Å². The summed E-state index contributed by atoms with van der Waals surface area (Å²) in [5, 5.41) is 9.26. The molecule has 0 aromatic rings. The maximum absolute atomic E-state index is 11.4. The molecule has 4 aliphatic carbocycles. The summed E-state index contributed by atoms with van der Waals surface area (Å²) in [5.41, 5.74) is -0.559. The fourth-order valence-corrected chi connectivity index (χ4v) is 4.75. The molecule has 78 valence electrons. The fourth-order valence-electron chi connectivity index (χ4n) is 4.27. The van der Waals surface area contributed by atoms with Crippen molar-refractivity contribution >= 4 is 17.6 Å². The molecule has 0 amide bonds. The molecule has 4 bridgehead atoms. The van der Waals surface area contributed by atoms with Crippen molar-refractivity contribution in [1.29, 1.82) is 0 Å². The van der Waals surface area contributed by atoms with Crippen LogP contribution in [0.15, 0.2) is 0 Å². The molecule has 0 aliphatic heterocycles. The molecule has 0 spiro atoms. The lowest BCUT2D eigenvalue weighted by Gasteiger charge is -2.57. The van der Waals surface area contributed by atoms with E-state index >= 15 is 0 Å². The van der Waals surface area contributed by atoms with E-state index in [2.05, 4.69) is 0 Å². The van der Waals surface area contributed by atoms with Gasteiger partial charge in [-0.1, -0.05) is 0 Å². The summed E-state index contributed by atoms with van der Waals surface area (Å²) < 4.78 is 0. The van der Waals surface area contributed by atoms with Gasteiger partial charge in [0.25, 0.3) is 0 Å². The van der Waals surface area contributed by atoms with Crippen molar-refractivity contribution in [2.45, 2.75) is 37.5 Å². The molecule has 3 heteroatoms. The zero-order valence-electron chi connectivity index (χ0n) is 8.08. The van der Waals surface area contributed by atoms with Crippen LogP contribution < -0.4 is 0 Å². The van der Waals surface area contributed by atoms with Gasteiger partial charge in [-0.05, 0) is 49.9 Å². The predicted octanol–water partition coefficient (Wildman–Crippen LogP) is 2.50. The molecule has 4 fully saturated rings. The zero-order valence-corrected chi connectivity index (χ0v) is 8.83. The van der Waals surface area contributed by atoms with Crippen molar-refractivity contribution in [2.75, 3.05) is 0 Å². The Hall–Kier alpha value is -0.240. The van der Waals surface area contributed by atoms with Crippen molar-refractivity contribution < 1.29 is 9.90 Å². The van der Waals surface area contributed by atoms with Gasteiger partial charge in [0, 0.05) is 0 Å². The second-order valence-electron chi connectivity index (χ2n) is 5.47.